The standard InChI is InChI=1S/C100H64N4O2/c1-2-22-74(23-3-1)101(76-55-45-67(46-56-76)82-31-17-33-90-88-29-7-12-39-97(88)105-99(82)90)75-51-41-65(42-52-75)70-20-15-25-80(63-70)104-95-37-11-6-28-86(95)87-60-50-72(64-96(87)104)71-49-59-81-73(61-71)21-16-38-92(81)102(78-57-47-68(48-58-78)83-32-18-34-91-89-30-8-13-40-98(89)106-100(83)91)77-53-43-66(44-54-77)69-19-14-24-79(62-69)103-93-35-9-4-26-84(93)85-27-5-10-36-94(85)103/h1-64H. The lowest BCUT2D eigenvalue weighted by Crippen LogP contribution is -2.10. The Kier molecular flexibility index (Phi) is 14.2. The van der Waals surface area contributed by atoms with Gasteiger partial charge in [-0.3, -0.25) is 0 Å². The highest BCUT2D eigenvalue weighted by atomic mass is 16.3. The van der Waals surface area contributed by atoms with E-state index in [9.17, 15) is 0 Å². The van der Waals surface area contributed by atoms with Gasteiger partial charge in [-0.15, -0.1) is 0 Å². The lowest BCUT2D eigenvalue weighted by Gasteiger charge is -2.27. The van der Waals surface area contributed by atoms with Gasteiger partial charge in [-0.2, -0.15) is 0 Å². The van der Waals surface area contributed by atoms with E-state index in [4.69, 9.17) is 8.83 Å². The average molecular weight is 1350 g/mol. The molecule has 0 aliphatic carbocycles. The minimum Gasteiger partial charge on any atom is -0.455 e. The predicted octanol–water partition coefficient (Wildman–Crippen LogP) is 28.1. The van der Waals surface area contributed by atoms with E-state index in [-0.39, 0.29) is 0 Å². The molecule has 17 aromatic carbocycles. The topological polar surface area (TPSA) is 42.6 Å². The molecule has 0 N–H and O–H groups in total. The molecule has 0 unspecified atom stereocenters. The van der Waals surface area contributed by atoms with Crippen molar-refractivity contribution in [2.75, 3.05) is 9.80 Å². The zero-order chi connectivity index (χ0) is 69.8. The number of rotatable bonds is 13. The summed E-state index contributed by atoms with van der Waals surface area (Å²) in [5.41, 5.74) is 28.0. The summed E-state index contributed by atoms with van der Waals surface area (Å²) < 4.78 is 17.9. The van der Waals surface area contributed by atoms with Crippen molar-refractivity contribution in [3.8, 4) is 67.0 Å². The Morgan fingerprint density at radius 3 is 1.07 bits per heavy atom. The molecule has 496 valence electrons. The second kappa shape index (κ2) is 24.8. The molecule has 0 atom stereocenters. The molecular formula is C100H64N4O2. The third kappa shape index (κ3) is 10.1. The minimum absolute atomic E-state index is 0.888. The Hall–Kier alpha value is -14.2. The fraction of sp³-hybridized carbons (Fsp3) is 0. The summed E-state index contributed by atoms with van der Waals surface area (Å²) in [5.74, 6) is 0. The van der Waals surface area contributed by atoms with Gasteiger partial charge in [-0.1, -0.05) is 255 Å². The van der Waals surface area contributed by atoms with Gasteiger partial charge < -0.3 is 27.8 Å². The van der Waals surface area contributed by atoms with Gasteiger partial charge in [0.25, 0.3) is 0 Å². The smallest absolute Gasteiger partial charge is 0.143 e. The maximum absolute atomic E-state index is 6.57. The lowest BCUT2D eigenvalue weighted by molar-refractivity contribution is 0.669. The van der Waals surface area contributed by atoms with Crippen LogP contribution in [-0.2, 0) is 0 Å². The molecule has 0 fully saturated rings. The van der Waals surface area contributed by atoms with Crippen molar-refractivity contribution < 1.29 is 8.83 Å². The van der Waals surface area contributed by atoms with Gasteiger partial charge >= 0.3 is 0 Å². The molecule has 0 amide bonds. The molecule has 4 aromatic heterocycles. The summed E-state index contributed by atoms with van der Waals surface area (Å²) in [6.45, 7) is 0. The van der Waals surface area contributed by atoms with Crippen LogP contribution in [0, 0.1) is 0 Å². The minimum atomic E-state index is 0.888. The highest BCUT2D eigenvalue weighted by Crippen LogP contribution is 2.46. The maximum Gasteiger partial charge on any atom is 0.143 e. The van der Waals surface area contributed by atoms with Gasteiger partial charge in [0.1, 0.15) is 22.3 Å². The molecule has 0 saturated carbocycles. The first-order chi connectivity index (χ1) is 52.5. The fourth-order valence-electron chi connectivity index (χ4n) is 16.5. The number of hydrogen-bond acceptors (Lipinski definition) is 4. The van der Waals surface area contributed by atoms with Gasteiger partial charge in [0.05, 0.1) is 27.8 Å². The molecule has 21 rings (SSSR count). The average Bonchev–Trinajstić information content (AvgIpc) is 1.56. The van der Waals surface area contributed by atoms with Crippen LogP contribution in [0.25, 0.3) is 165 Å². The van der Waals surface area contributed by atoms with Crippen molar-refractivity contribution >= 4 is 132 Å². The predicted molar refractivity (Wildman–Crippen MR) is 444 cm³/mol. The SMILES string of the molecule is c1ccc(N(c2ccc(-c3cccc(-n4c5ccccc5c5ccc(-c6ccc7c(N(c8ccc(-c9cccc(-n%10c%11ccccc%11c%11ccccc%11%10)c9)cc8)c8ccc(-c9cccc%10c9oc9ccccc9%10)cc8)cccc7c6)cc54)c3)cc2)c2ccc(-c3cccc4c3oc3ccccc34)cc2)cc1. The highest BCUT2D eigenvalue weighted by Gasteiger charge is 2.22. The number of para-hydroxylation sites is 8. The van der Waals surface area contributed by atoms with Crippen molar-refractivity contribution in [3.63, 3.8) is 0 Å². The first kappa shape index (κ1) is 60.6. The van der Waals surface area contributed by atoms with Crippen LogP contribution in [-0.4, -0.2) is 9.13 Å². The zero-order valence-electron chi connectivity index (χ0n) is 57.6. The molecule has 0 radical (unpaired) electrons. The first-order valence-corrected chi connectivity index (χ1v) is 36.2. The van der Waals surface area contributed by atoms with Crippen LogP contribution in [0.4, 0.5) is 34.1 Å². The number of nitrogens with zero attached hydrogens (tertiary/aromatic N) is 4. The maximum atomic E-state index is 6.57. The number of hydrogen-bond donors (Lipinski definition) is 0. The van der Waals surface area contributed by atoms with Gasteiger partial charge in [0.15, 0.2) is 0 Å². The van der Waals surface area contributed by atoms with Crippen molar-refractivity contribution in [2.24, 2.45) is 0 Å². The molecule has 0 saturated heterocycles. The second-order valence-electron chi connectivity index (χ2n) is 27.5. The molecule has 4 heterocycles. The molecule has 0 aliphatic heterocycles. The van der Waals surface area contributed by atoms with Crippen molar-refractivity contribution in [3.05, 3.63) is 388 Å². The van der Waals surface area contributed by atoms with Crippen LogP contribution in [0.5, 0.6) is 0 Å². The Bertz CT molecular complexity index is 6950. The van der Waals surface area contributed by atoms with E-state index < -0.39 is 0 Å². The summed E-state index contributed by atoms with van der Waals surface area (Å²) in [6.07, 6.45) is 0. The van der Waals surface area contributed by atoms with Crippen LogP contribution in [0.2, 0.25) is 0 Å². The summed E-state index contributed by atoms with van der Waals surface area (Å²) in [5, 5.41) is 11.7. The van der Waals surface area contributed by atoms with E-state index in [1.165, 1.54) is 32.6 Å². The summed E-state index contributed by atoms with van der Waals surface area (Å²) >= 11 is 0. The van der Waals surface area contributed by atoms with Gasteiger partial charge in [0.2, 0.25) is 0 Å². The molecule has 6 nitrogen and oxygen atoms in total. The molecular weight excluding hydrogens is 1290 g/mol. The number of anilines is 6. The molecule has 6 heteroatoms. The second-order valence-corrected chi connectivity index (χ2v) is 27.5. The van der Waals surface area contributed by atoms with Crippen LogP contribution < -0.4 is 9.80 Å². The van der Waals surface area contributed by atoms with E-state index in [2.05, 4.69) is 389 Å². The summed E-state index contributed by atoms with van der Waals surface area (Å²) in [7, 11) is 0. The van der Waals surface area contributed by atoms with Gasteiger partial charge in [-0.25, -0.2) is 0 Å². The van der Waals surface area contributed by atoms with Crippen LogP contribution >= 0.6 is 0 Å². The van der Waals surface area contributed by atoms with Crippen molar-refractivity contribution in [1.29, 1.82) is 0 Å². The van der Waals surface area contributed by atoms with E-state index in [0.29, 0.717) is 0 Å². The monoisotopic (exact) mass is 1350 g/mol. The Morgan fingerprint density at radius 2 is 0.557 bits per heavy atom. The molecule has 106 heavy (non-hydrogen) atoms. The molecule has 0 aliphatic rings. The zero-order valence-corrected chi connectivity index (χ0v) is 57.6. The van der Waals surface area contributed by atoms with E-state index in [1.807, 2.05) is 18.2 Å². The van der Waals surface area contributed by atoms with E-state index in [0.717, 1.165) is 167 Å². The van der Waals surface area contributed by atoms with E-state index >= 15 is 0 Å². The largest absolute Gasteiger partial charge is 0.455 e. The van der Waals surface area contributed by atoms with Crippen molar-refractivity contribution in [2.45, 2.75) is 0 Å². The van der Waals surface area contributed by atoms with Crippen LogP contribution in [0.15, 0.2) is 397 Å². The fourth-order valence-corrected chi connectivity index (χ4v) is 16.5. The third-order valence-corrected chi connectivity index (χ3v) is 21.5. The van der Waals surface area contributed by atoms with Crippen LogP contribution in [0.3, 0.4) is 0 Å². The molecule has 0 bridgehead atoms. The van der Waals surface area contributed by atoms with Gasteiger partial charge in [-0.05, 0) is 183 Å². The summed E-state index contributed by atoms with van der Waals surface area (Å²) in [4.78, 5) is 4.73. The Balaban J connectivity index is 0.619. The highest BCUT2D eigenvalue weighted by molar-refractivity contribution is 6.14. The lowest BCUT2D eigenvalue weighted by atomic mass is 9.98. The first-order valence-electron chi connectivity index (χ1n) is 36.2. The molecule has 21 aromatic rings. The number of furan rings is 2. The number of benzene rings is 17. The normalized spacial score (nSPS) is 11.8. The number of fused-ring (bicyclic) bond motifs is 13. The van der Waals surface area contributed by atoms with E-state index in [1.54, 1.807) is 0 Å². The third-order valence-electron chi connectivity index (χ3n) is 21.5. The quantitative estimate of drug-likeness (QED) is 0.115. The van der Waals surface area contributed by atoms with Gasteiger partial charge in [0, 0.05) is 99.4 Å². The number of aromatic nitrogens is 2. The van der Waals surface area contributed by atoms with Crippen molar-refractivity contribution in [1.82, 2.24) is 9.13 Å². The Morgan fingerprint density at radius 1 is 0.198 bits per heavy atom. The Labute approximate surface area is 611 Å². The van der Waals surface area contributed by atoms with Crippen LogP contribution in [0.1, 0.15) is 0 Å². The molecule has 0 spiro atoms. The summed E-state index contributed by atoms with van der Waals surface area (Å²) in [6, 6.07) is 141.